The van der Waals surface area contributed by atoms with Gasteiger partial charge in [-0.05, 0) is 49.2 Å². The average Bonchev–Trinajstić information content (AvgIpc) is 2.95. The van der Waals surface area contributed by atoms with Gasteiger partial charge in [-0.15, -0.1) is 0 Å². The summed E-state index contributed by atoms with van der Waals surface area (Å²) in [5, 5.41) is 40.1. The van der Waals surface area contributed by atoms with Crippen LogP contribution in [0, 0.1) is 23.7 Å². The third kappa shape index (κ3) is 8.55. The van der Waals surface area contributed by atoms with E-state index < -0.39 is 0 Å². The number of rotatable bonds is 12. The van der Waals surface area contributed by atoms with Crippen LogP contribution in [0.4, 0.5) is 0 Å². The van der Waals surface area contributed by atoms with Gasteiger partial charge in [-0.1, -0.05) is 88.2 Å². The molecule has 0 unspecified atom stereocenters. The van der Waals surface area contributed by atoms with Gasteiger partial charge in [0.15, 0.2) is 34.5 Å². The molecule has 0 aliphatic rings. The molecule has 3 rings (SSSR count). The number of ether oxygens (including phenoxy) is 2. The van der Waals surface area contributed by atoms with Crippen LogP contribution in [0.3, 0.4) is 0 Å². The minimum absolute atomic E-state index is 0.240. The van der Waals surface area contributed by atoms with Crippen molar-refractivity contribution in [1.82, 2.24) is 0 Å². The topological polar surface area (TPSA) is 99.4 Å². The van der Waals surface area contributed by atoms with Gasteiger partial charge in [0.25, 0.3) is 0 Å². The van der Waals surface area contributed by atoms with Crippen LogP contribution in [0.5, 0.6) is 34.5 Å². The van der Waals surface area contributed by atoms with Gasteiger partial charge in [-0.3, -0.25) is 0 Å². The van der Waals surface area contributed by atoms with Crippen molar-refractivity contribution in [3.63, 3.8) is 0 Å². The van der Waals surface area contributed by atoms with Crippen molar-refractivity contribution in [3.05, 3.63) is 70.8 Å². The first-order valence-electron chi connectivity index (χ1n) is 13.9. The number of hydrogen-bond acceptors (Lipinski definition) is 6. The zero-order valence-electron chi connectivity index (χ0n) is 23.3. The molecular weight excluding hydrogens is 504 g/mol. The van der Waals surface area contributed by atoms with E-state index in [2.05, 4.69) is 37.5 Å². The maximum atomic E-state index is 10.2. The van der Waals surface area contributed by atoms with E-state index in [1.165, 1.54) is 12.1 Å². The summed E-state index contributed by atoms with van der Waals surface area (Å²) in [6.07, 6.45) is 8.29. The van der Waals surface area contributed by atoms with E-state index in [1.807, 2.05) is 0 Å². The highest BCUT2D eigenvalue weighted by molar-refractivity contribution is 5.65. The Labute approximate surface area is 237 Å². The van der Waals surface area contributed by atoms with Gasteiger partial charge < -0.3 is 29.9 Å². The highest BCUT2D eigenvalue weighted by atomic mass is 16.5. The van der Waals surface area contributed by atoms with Crippen molar-refractivity contribution in [2.75, 3.05) is 13.2 Å². The Morgan fingerprint density at radius 1 is 0.500 bits per heavy atom. The molecular formula is C34H38O6. The number of phenols is 4. The Morgan fingerprint density at radius 2 is 0.900 bits per heavy atom. The van der Waals surface area contributed by atoms with Crippen LogP contribution in [0.15, 0.2) is 48.5 Å². The first kappa shape index (κ1) is 30.1. The van der Waals surface area contributed by atoms with Crippen LogP contribution in [-0.2, 0) is 0 Å². The lowest BCUT2D eigenvalue weighted by atomic mass is 10.1. The van der Waals surface area contributed by atoms with Gasteiger partial charge in [-0.25, -0.2) is 0 Å². The lowest BCUT2D eigenvalue weighted by Crippen LogP contribution is -2.06. The normalized spacial score (nSPS) is 10.2. The quantitative estimate of drug-likeness (QED) is 0.109. The van der Waals surface area contributed by atoms with Gasteiger partial charge in [0.05, 0.1) is 35.5 Å². The van der Waals surface area contributed by atoms with Crippen LogP contribution in [0.1, 0.15) is 87.5 Å². The molecule has 0 fully saturated rings. The fourth-order valence-corrected chi connectivity index (χ4v) is 3.99. The third-order valence-electron chi connectivity index (χ3n) is 6.29. The van der Waals surface area contributed by atoms with Crippen LogP contribution >= 0.6 is 0 Å². The molecule has 0 heterocycles. The maximum Gasteiger partial charge on any atom is 0.178 e. The molecule has 0 amide bonds. The Bertz CT molecular complexity index is 1280. The van der Waals surface area contributed by atoms with Crippen molar-refractivity contribution in [1.29, 1.82) is 0 Å². The summed E-state index contributed by atoms with van der Waals surface area (Å²) in [5.41, 5.74) is 1.71. The number of para-hydroxylation sites is 2. The lowest BCUT2D eigenvalue weighted by molar-refractivity contribution is 0.258. The summed E-state index contributed by atoms with van der Waals surface area (Å²) in [6.45, 7) is 5.26. The van der Waals surface area contributed by atoms with E-state index in [0.29, 0.717) is 47.0 Å². The number of phenolic OH excluding ortho intramolecular Hbond substituents is 4. The first-order chi connectivity index (χ1) is 19.5. The highest BCUT2D eigenvalue weighted by Crippen LogP contribution is 2.36. The second-order valence-electron chi connectivity index (χ2n) is 9.48. The summed E-state index contributed by atoms with van der Waals surface area (Å²) in [5.74, 6) is 11.9. The molecule has 4 N–H and O–H groups in total. The molecule has 0 spiro atoms. The van der Waals surface area contributed by atoms with Crippen molar-refractivity contribution in [2.45, 2.75) is 65.2 Å². The van der Waals surface area contributed by atoms with Crippen LogP contribution in [-0.4, -0.2) is 33.6 Å². The SMILES string of the molecule is CCCCCCOc1c(C#Cc2cccc(O)c2O)ccc(C#Cc2cccc(O)c2O)c1OCCCCCC. The summed E-state index contributed by atoms with van der Waals surface area (Å²) in [4.78, 5) is 0. The molecule has 3 aromatic rings. The van der Waals surface area contributed by atoms with Gasteiger partial charge in [0.2, 0.25) is 0 Å². The van der Waals surface area contributed by atoms with Crippen molar-refractivity contribution in [2.24, 2.45) is 0 Å². The highest BCUT2D eigenvalue weighted by Gasteiger charge is 2.16. The van der Waals surface area contributed by atoms with Crippen molar-refractivity contribution < 1.29 is 29.9 Å². The third-order valence-corrected chi connectivity index (χ3v) is 6.29. The van der Waals surface area contributed by atoms with E-state index in [9.17, 15) is 20.4 Å². The summed E-state index contributed by atoms with van der Waals surface area (Å²) in [7, 11) is 0. The Hall–Kier alpha value is -4.42. The van der Waals surface area contributed by atoms with Crippen LogP contribution < -0.4 is 9.47 Å². The smallest absolute Gasteiger partial charge is 0.178 e. The van der Waals surface area contributed by atoms with Crippen LogP contribution in [0.25, 0.3) is 0 Å². The van der Waals surface area contributed by atoms with Gasteiger partial charge in [0.1, 0.15) is 0 Å². The van der Waals surface area contributed by atoms with E-state index in [0.717, 1.165) is 51.4 Å². The Kier molecular flexibility index (Phi) is 11.9. The number of benzene rings is 3. The maximum absolute atomic E-state index is 10.2. The summed E-state index contributed by atoms with van der Waals surface area (Å²) in [6, 6.07) is 12.8. The molecule has 40 heavy (non-hydrogen) atoms. The number of unbranched alkanes of at least 4 members (excludes halogenated alkanes) is 6. The van der Waals surface area contributed by atoms with Crippen LogP contribution in [0.2, 0.25) is 0 Å². The standard InChI is InChI=1S/C34H38O6/c1-3-5-7-9-23-39-33-27(19-17-25-13-11-15-29(35)31(25)37)21-22-28(34(33)40-24-10-8-6-4-2)20-18-26-14-12-16-30(36)32(26)38/h11-16,21-22,35-38H,3-10,23-24H2,1-2H3. The summed E-state index contributed by atoms with van der Waals surface area (Å²) >= 11 is 0. The van der Waals surface area contributed by atoms with Gasteiger partial charge in [-0.2, -0.15) is 0 Å². The second kappa shape index (κ2) is 15.9. The molecule has 0 atom stereocenters. The van der Waals surface area contributed by atoms with Crippen molar-refractivity contribution in [3.8, 4) is 58.2 Å². The average molecular weight is 543 g/mol. The minimum Gasteiger partial charge on any atom is -0.504 e. The number of aromatic hydroxyl groups is 4. The van der Waals surface area contributed by atoms with E-state index >= 15 is 0 Å². The summed E-state index contributed by atoms with van der Waals surface area (Å²) < 4.78 is 12.5. The molecule has 6 nitrogen and oxygen atoms in total. The molecule has 0 radical (unpaired) electrons. The van der Waals surface area contributed by atoms with Crippen molar-refractivity contribution >= 4 is 0 Å². The lowest BCUT2D eigenvalue weighted by Gasteiger charge is -2.16. The van der Waals surface area contributed by atoms with E-state index in [4.69, 9.17) is 9.47 Å². The molecule has 0 saturated carbocycles. The molecule has 0 saturated heterocycles. The molecule has 3 aromatic carbocycles. The zero-order valence-corrected chi connectivity index (χ0v) is 23.3. The molecule has 6 heteroatoms. The molecule has 0 aliphatic heterocycles. The Balaban J connectivity index is 2.06. The minimum atomic E-state index is -0.280. The first-order valence-corrected chi connectivity index (χ1v) is 13.9. The second-order valence-corrected chi connectivity index (χ2v) is 9.48. The predicted molar refractivity (Wildman–Crippen MR) is 157 cm³/mol. The molecule has 0 aromatic heterocycles. The Morgan fingerprint density at radius 3 is 1.30 bits per heavy atom. The molecule has 0 aliphatic carbocycles. The monoisotopic (exact) mass is 542 g/mol. The number of hydrogen-bond donors (Lipinski definition) is 4. The fraction of sp³-hybridized carbons (Fsp3) is 0.353. The van der Waals surface area contributed by atoms with Gasteiger partial charge >= 0.3 is 0 Å². The molecule has 0 bridgehead atoms. The largest absolute Gasteiger partial charge is 0.504 e. The zero-order chi connectivity index (χ0) is 28.7. The predicted octanol–water partition coefficient (Wildman–Crippen LogP) is 7.23. The van der Waals surface area contributed by atoms with E-state index in [-0.39, 0.29) is 23.0 Å². The fourth-order valence-electron chi connectivity index (χ4n) is 3.99. The van der Waals surface area contributed by atoms with E-state index in [1.54, 1.807) is 36.4 Å². The van der Waals surface area contributed by atoms with Gasteiger partial charge in [0, 0.05) is 0 Å². The molecule has 210 valence electrons.